The third-order valence-corrected chi connectivity index (χ3v) is 7.80. The molecule has 7 rings (SSSR count). The molecule has 28 nitrogen and oxygen atoms in total. The van der Waals surface area contributed by atoms with Gasteiger partial charge in [-0.05, 0) is 25.2 Å². The van der Waals surface area contributed by atoms with Crippen LogP contribution in [0.5, 0.6) is 6.01 Å². The van der Waals surface area contributed by atoms with Crippen molar-refractivity contribution in [2.75, 3.05) is 11.5 Å². The van der Waals surface area contributed by atoms with Gasteiger partial charge >= 0.3 is 269 Å². The van der Waals surface area contributed by atoms with E-state index < -0.39 is 17.9 Å². The Bertz CT molecular complexity index is 2950. The minimum absolute atomic E-state index is 0. The first kappa shape index (κ1) is 65.8. The van der Waals surface area contributed by atoms with Crippen molar-refractivity contribution in [1.29, 1.82) is 5.26 Å². The SMILES string of the molecule is O=C=O.O=C=O.[C-]#[N+]c1cnn(-c2c[c-]cc(C(=O)[O-])c2)c1N=Nc1c(C)nn(-c2nc([O-])nc(-n3nc(C)c(N=Nc4c(C#N)cnn4-c4c[c-]cc(C(=O)[O-])c4)c3N)n2)c1N.[K+].[K+].[K+].[K+].[K+]. The van der Waals surface area contributed by atoms with Crippen molar-refractivity contribution in [3.63, 3.8) is 0 Å². The number of anilines is 2. The van der Waals surface area contributed by atoms with E-state index >= 15 is 0 Å². The summed E-state index contributed by atoms with van der Waals surface area (Å²) in [4.78, 5) is 70.6. The summed E-state index contributed by atoms with van der Waals surface area (Å²) in [5.74, 6) is -4.12. The summed E-state index contributed by atoms with van der Waals surface area (Å²) >= 11 is 0. The molecule has 0 atom stereocenters. The summed E-state index contributed by atoms with van der Waals surface area (Å²) in [6, 6.07) is 14.0. The number of nitrogens with two attached hydrogens (primary N) is 2. The fraction of sp³-hybridized carbons (Fsp3) is 0.0571. The summed E-state index contributed by atoms with van der Waals surface area (Å²) in [5, 5.41) is 78.7. The first-order chi connectivity index (χ1) is 30.2. The van der Waals surface area contributed by atoms with Crippen LogP contribution >= 0.6 is 0 Å². The third-order valence-electron chi connectivity index (χ3n) is 7.80. The number of azo groups is 2. The van der Waals surface area contributed by atoms with Gasteiger partial charge in [-0.2, -0.15) is 95.6 Å². The van der Waals surface area contributed by atoms with Crippen LogP contribution < -0.4 is 284 Å². The summed E-state index contributed by atoms with van der Waals surface area (Å²) in [6.07, 6.45) is 2.92. The molecule has 4 N–H and O–H groups in total. The molecule has 0 aliphatic rings. The maximum Gasteiger partial charge on any atom is 1.00 e. The fourth-order valence-electron chi connectivity index (χ4n) is 5.15. The molecule has 0 aliphatic carbocycles. The number of carboxylic acid groups (broad SMARTS) is 2. The van der Waals surface area contributed by atoms with Gasteiger partial charge in [0.05, 0.1) is 36.4 Å². The average molecular weight is 1040 g/mol. The van der Waals surface area contributed by atoms with Crippen LogP contribution in [0, 0.1) is 43.9 Å². The molecule has 5 heterocycles. The monoisotopic (exact) mass is 1040 g/mol. The molecule has 0 radical (unpaired) electrons. The van der Waals surface area contributed by atoms with Gasteiger partial charge in [0.1, 0.15) is 11.6 Å². The number of carbonyl (C=O) groups is 2. The Morgan fingerprint density at radius 1 is 0.691 bits per heavy atom. The summed E-state index contributed by atoms with van der Waals surface area (Å²) in [6.45, 7) is 10.6. The fourth-order valence-corrected chi connectivity index (χ4v) is 5.15. The molecular weight excluding hydrogens is 1030 g/mol. The minimum Gasteiger partial charge on any atom is -0.844 e. The van der Waals surface area contributed by atoms with E-state index in [2.05, 4.69) is 72.8 Å². The van der Waals surface area contributed by atoms with E-state index in [0.717, 1.165) is 9.36 Å². The van der Waals surface area contributed by atoms with Crippen molar-refractivity contribution in [3.8, 4) is 35.4 Å². The largest absolute Gasteiger partial charge is 1.00 e. The van der Waals surface area contributed by atoms with Gasteiger partial charge in [0.2, 0.25) is 0 Å². The normalized spacial score (nSPS) is 9.71. The van der Waals surface area contributed by atoms with Crippen LogP contribution in [0.1, 0.15) is 37.7 Å². The first-order valence-electron chi connectivity index (χ1n) is 16.6. The number of nitriles is 1. The molecule has 0 aliphatic heterocycles. The number of aromatic nitrogens is 11. The maximum atomic E-state index is 12.8. The van der Waals surface area contributed by atoms with Gasteiger partial charge in [-0.15, -0.1) is 43.7 Å². The van der Waals surface area contributed by atoms with Crippen LogP contribution in [-0.4, -0.2) is 78.3 Å². The number of benzene rings is 2. The van der Waals surface area contributed by atoms with Gasteiger partial charge in [0, 0.05) is 11.9 Å². The molecule has 5 aromatic heterocycles. The topological polar surface area (TPSA) is 411 Å². The Morgan fingerprint density at radius 3 is 1.51 bits per heavy atom. The van der Waals surface area contributed by atoms with Crippen LogP contribution in [-0.2, 0) is 19.2 Å². The van der Waals surface area contributed by atoms with Crippen LogP contribution in [0.4, 0.5) is 40.3 Å². The Kier molecular flexibility index (Phi) is 30.2. The summed E-state index contributed by atoms with van der Waals surface area (Å²) in [5.41, 5.74) is 13.1. The first-order valence-corrected chi connectivity index (χ1v) is 16.6. The molecule has 0 amide bonds. The number of aromatic carboxylic acids is 2. The number of hydrogen-bond acceptors (Lipinski definition) is 23. The van der Waals surface area contributed by atoms with E-state index in [9.17, 15) is 30.2 Å². The molecule has 7 aromatic rings. The quantitative estimate of drug-likeness (QED) is 0.0729. The standard InChI is InChI=1S/C33H21N19O5.2CO2.5K/c1-15-23(43-45-27-19(12-34)13-38-49(27)20-8-4-6-17(10-20)29(53)54)25(35)51(47-15)31-40-32(42-33(57)41-31)52-26(36)24(16(2)48-52)44-46-28-22(37-3)14-39-50(28)21-9-5-7-18(11-21)30(55)56;2*2-1-3;;;;;/h6-11,13-14H,35-36H2,1-2H3,(H,53,54)(H,55,56)(H,40,41,42,57);;;;;;;/q-2;;;5*+1/p-3. The van der Waals surface area contributed by atoms with Gasteiger partial charge in [0.15, 0.2) is 34.6 Å². The minimum atomic E-state index is -1.45. The van der Waals surface area contributed by atoms with Crippen LogP contribution in [0.25, 0.3) is 28.1 Å². The molecule has 0 saturated heterocycles. The zero-order chi connectivity index (χ0) is 46.0. The number of carbonyl (C=O) groups excluding carboxylic acids is 6. The van der Waals surface area contributed by atoms with Gasteiger partial charge < -0.3 is 36.4 Å². The average Bonchev–Trinajstić information content (AvgIpc) is 4.02. The number of nitrogens with zero attached hydrogens (tertiary/aromatic N) is 17. The third kappa shape index (κ3) is 15.9. The second kappa shape index (κ2) is 31.3. The predicted octanol–water partition coefficient (Wildman–Crippen LogP) is -15.1. The molecular formula is C35H18K5N19O9. The Labute approximate surface area is 593 Å². The number of rotatable bonds is 10. The zero-order valence-electron chi connectivity index (χ0n) is 36.6. The molecule has 68 heavy (non-hydrogen) atoms. The summed E-state index contributed by atoms with van der Waals surface area (Å²) < 4.78 is 4.33. The van der Waals surface area contributed by atoms with Gasteiger partial charge in [0.25, 0.3) is 17.6 Å². The van der Waals surface area contributed by atoms with E-state index in [1.165, 1.54) is 72.0 Å². The Hall–Kier alpha value is -2.25. The summed E-state index contributed by atoms with van der Waals surface area (Å²) in [7, 11) is 0. The van der Waals surface area contributed by atoms with E-state index in [4.69, 9.17) is 37.2 Å². The van der Waals surface area contributed by atoms with E-state index in [1.807, 2.05) is 6.07 Å². The molecule has 312 valence electrons. The van der Waals surface area contributed by atoms with Gasteiger partial charge in [-0.3, -0.25) is 9.36 Å². The smallest absolute Gasteiger partial charge is 0.844 e. The molecule has 0 spiro atoms. The Morgan fingerprint density at radius 2 is 1.10 bits per heavy atom. The van der Waals surface area contributed by atoms with Crippen LogP contribution in [0.15, 0.2) is 69.2 Å². The van der Waals surface area contributed by atoms with Gasteiger partial charge in [-0.1, -0.05) is 0 Å². The van der Waals surface area contributed by atoms with Crippen molar-refractivity contribution in [3.05, 3.63) is 100 Å². The van der Waals surface area contributed by atoms with E-state index in [-0.39, 0.29) is 361 Å². The molecule has 0 saturated carbocycles. The molecule has 0 unspecified atom stereocenters. The van der Waals surface area contributed by atoms with Crippen molar-refractivity contribution < 1.29 is 301 Å². The number of carboxylic acids is 2. The number of nitrogen functional groups attached to an aromatic ring is 2. The predicted molar refractivity (Wildman–Crippen MR) is 195 cm³/mol. The molecule has 33 heteroatoms. The van der Waals surface area contributed by atoms with Crippen molar-refractivity contribution in [1.82, 2.24) is 54.1 Å². The van der Waals surface area contributed by atoms with Crippen LogP contribution in [0.3, 0.4) is 0 Å². The van der Waals surface area contributed by atoms with Gasteiger partial charge in [-0.25, -0.2) is 14.8 Å². The second-order valence-corrected chi connectivity index (χ2v) is 11.6. The number of aryl methyl sites for hydroxylation is 2. The molecule has 0 fully saturated rings. The zero-order valence-corrected chi connectivity index (χ0v) is 52.2. The van der Waals surface area contributed by atoms with E-state index in [1.54, 1.807) is 0 Å². The second-order valence-electron chi connectivity index (χ2n) is 11.6. The van der Waals surface area contributed by atoms with Crippen LogP contribution in [0.2, 0.25) is 0 Å². The van der Waals surface area contributed by atoms with Crippen molar-refractivity contribution in [2.45, 2.75) is 13.8 Å². The van der Waals surface area contributed by atoms with Crippen molar-refractivity contribution >= 4 is 64.6 Å². The number of hydrogen-bond donors (Lipinski definition) is 2. The maximum absolute atomic E-state index is 12.8. The van der Waals surface area contributed by atoms with Crippen molar-refractivity contribution in [2.24, 2.45) is 20.5 Å². The molecule has 2 aromatic carbocycles. The Balaban J connectivity index is 0.00000388. The molecule has 0 bridgehead atoms. The van der Waals surface area contributed by atoms with E-state index in [0.29, 0.717) is 0 Å².